The Bertz CT molecular complexity index is 533. The van der Waals surface area contributed by atoms with Crippen molar-refractivity contribution in [3.63, 3.8) is 0 Å². The molecule has 1 unspecified atom stereocenters. The molecule has 0 saturated carbocycles. The Morgan fingerprint density at radius 3 is 2.45 bits per heavy atom. The minimum Gasteiger partial charge on any atom is -0.491 e. The first-order valence-electron chi connectivity index (χ1n) is 6.89. The fraction of sp³-hybridized carbons (Fsp3) is 0.467. The van der Waals surface area contributed by atoms with Gasteiger partial charge in [0.15, 0.2) is 0 Å². The zero-order valence-corrected chi connectivity index (χ0v) is 12.5. The SMILES string of the molecule is CC(C)Oc1ccc(CNC(C)c2nncn2C)cc1. The summed E-state index contributed by atoms with van der Waals surface area (Å²) in [5.74, 6) is 1.84. The molecule has 0 aliphatic carbocycles. The Morgan fingerprint density at radius 2 is 1.90 bits per heavy atom. The first-order chi connectivity index (χ1) is 9.56. The quantitative estimate of drug-likeness (QED) is 0.879. The predicted molar refractivity (Wildman–Crippen MR) is 78.5 cm³/mol. The summed E-state index contributed by atoms with van der Waals surface area (Å²) in [5, 5.41) is 11.4. The molecule has 0 spiro atoms. The van der Waals surface area contributed by atoms with Crippen molar-refractivity contribution in [1.29, 1.82) is 0 Å². The van der Waals surface area contributed by atoms with Crippen LogP contribution in [-0.4, -0.2) is 20.9 Å². The van der Waals surface area contributed by atoms with Crippen LogP contribution in [0.1, 0.15) is 38.2 Å². The van der Waals surface area contributed by atoms with Gasteiger partial charge in [-0.1, -0.05) is 12.1 Å². The molecule has 0 aliphatic heterocycles. The standard InChI is InChI=1S/C15H22N4O/c1-11(2)20-14-7-5-13(6-8-14)9-16-12(3)15-18-17-10-19(15)4/h5-8,10-12,16H,9H2,1-4H3. The lowest BCUT2D eigenvalue weighted by atomic mass is 10.2. The van der Waals surface area contributed by atoms with Gasteiger partial charge in [-0.3, -0.25) is 0 Å². The summed E-state index contributed by atoms with van der Waals surface area (Å²) in [7, 11) is 1.95. The van der Waals surface area contributed by atoms with Gasteiger partial charge < -0.3 is 14.6 Å². The molecule has 1 N–H and O–H groups in total. The maximum Gasteiger partial charge on any atom is 0.149 e. The summed E-state index contributed by atoms with van der Waals surface area (Å²) in [6, 6.07) is 8.32. The van der Waals surface area contributed by atoms with Gasteiger partial charge in [-0.15, -0.1) is 10.2 Å². The van der Waals surface area contributed by atoms with Crippen LogP contribution in [0.2, 0.25) is 0 Å². The lowest BCUT2D eigenvalue weighted by Gasteiger charge is -2.14. The lowest BCUT2D eigenvalue weighted by Crippen LogP contribution is -2.21. The van der Waals surface area contributed by atoms with Crippen LogP contribution in [0.5, 0.6) is 5.75 Å². The van der Waals surface area contributed by atoms with E-state index in [2.05, 4.69) is 34.6 Å². The molecule has 0 amide bonds. The number of ether oxygens (including phenoxy) is 1. The molecule has 2 aromatic rings. The van der Waals surface area contributed by atoms with E-state index in [1.54, 1.807) is 6.33 Å². The highest BCUT2D eigenvalue weighted by Gasteiger charge is 2.10. The maximum absolute atomic E-state index is 5.63. The van der Waals surface area contributed by atoms with E-state index in [0.717, 1.165) is 18.1 Å². The third-order valence-electron chi connectivity index (χ3n) is 3.04. The number of nitrogens with one attached hydrogen (secondary N) is 1. The predicted octanol–water partition coefficient (Wildman–Crippen LogP) is 2.45. The molecule has 1 aromatic heterocycles. The Kier molecular flexibility index (Phi) is 4.74. The van der Waals surface area contributed by atoms with Crippen LogP contribution < -0.4 is 10.1 Å². The molecule has 0 bridgehead atoms. The summed E-state index contributed by atoms with van der Waals surface area (Å²) in [6.45, 7) is 6.92. The number of aromatic nitrogens is 3. The van der Waals surface area contributed by atoms with E-state index in [4.69, 9.17) is 4.74 Å². The van der Waals surface area contributed by atoms with Gasteiger partial charge in [-0.05, 0) is 38.5 Å². The van der Waals surface area contributed by atoms with Gasteiger partial charge in [-0.25, -0.2) is 0 Å². The van der Waals surface area contributed by atoms with Gasteiger partial charge in [-0.2, -0.15) is 0 Å². The normalized spacial score (nSPS) is 12.7. The molecule has 0 saturated heterocycles. The number of rotatable bonds is 6. The van der Waals surface area contributed by atoms with Crippen LogP contribution in [0.25, 0.3) is 0 Å². The molecular weight excluding hydrogens is 252 g/mol. The van der Waals surface area contributed by atoms with Gasteiger partial charge in [0.2, 0.25) is 0 Å². The Labute approximate surface area is 120 Å². The topological polar surface area (TPSA) is 52.0 Å². The average Bonchev–Trinajstić information content (AvgIpc) is 2.83. The first-order valence-corrected chi connectivity index (χ1v) is 6.89. The Balaban J connectivity index is 1.89. The molecule has 0 aliphatic rings. The second-order valence-electron chi connectivity index (χ2n) is 5.21. The largest absolute Gasteiger partial charge is 0.491 e. The molecule has 0 fully saturated rings. The van der Waals surface area contributed by atoms with Crippen molar-refractivity contribution in [2.45, 2.75) is 39.5 Å². The monoisotopic (exact) mass is 274 g/mol. The van der Waals surface area contributed by atoms with Gasteiger partial charge >= 0.3 is 0 Å². The molecule has 1 aromatic carbocycles. The smallest absolute Gasteiger partial charge is 0.149 e. The molecule has 20 heavy (non-hydrogen) atoms. The van der Waals surface area contributed by atoms with E-state index in [1.807, 2.05) is 37.6 Å². The molecule has 5 nitrogen and oxygen atoms in total. The van der Waals surface area contributed by atoms with Crippen LogP contribution >= 0.6 is 0 Å². The minimum absolute atomic E-state index is 0.161. The summed E-state index contributed by atoms with van der Waals surface area (Å²) in [4.78, 5) is 0. The van der Waals surface area contributed by atoms with Crippen LogP contribution in [0.3, 0.4) is 0 Å². The number of nitrogens with zero attached hydrogens (tertiary/aromatic N) is 3. The van der Waals surface area contributed by atoms with Gasteiger partial charge in [0, 0.05) is 13.6 Å². The van der Waals surface area contributed by atoms with Gasteiger partial charge in [0.25, 0.3) is 0 Å². The molecule has 108 valence electrons. The molecule has 1 heterocycles. The lowest BCUT2D eigenvalue weighted by molar-refractivity contribution is 0.242. The zero-order chi connectivity index (χ0) is 14.5. The number of aryl methyl sites for hydroxylation is 1. The van der Waals surface area contributed by atoms with Crippen LogP contribution in [0, 0.1) is 0 Å². The molecule has 5 heteroatoms. The van der Waals surface area contributed by atoms with E-state index >= 15 is 0 Å². The highest BCUT2D eigenvalue weighted by atomic mass is 16.5. The number of hydrogen-bond acceptors (Lipinski definition) is 4. The Hall–Kier alpha value is -1.88. The Morgan fingerprint density at radius 1 is 1.20 bits per heavy atom. The zero-order valence-electron chi connectivity index (χ0n) is 12.5. The number of hydrogen-bond donors (Lipinski definition) is 1. The van der Waals surface area contributed by atoms with Crippen LogP contribution in [0.15, 0.2) is 30.6 Å². The summed E-state index contributed by atoms with van der Waals surface area (Å²) >= 11 is 0. The van der Waals surface area contributed by atoms with Crippen molar-refractivity contribution in [3.05, 3.63) is 42.0 Å². The third kappa shape index (κ3) is 3.81. The molecular formula is C15H22N4O. The first kappa shape index (κ1) is 14.5. The summed E-state index contributed by atoms with van der Waals surface area (Å²) in [5.41, 5.74) is 1.22. The van der Waals surface area contributed by atoms with Crippen molar-refractivity contribution in [3.8, 4) is 5.75 Å². The van der Waals surface area contributed by atoms with E-state index < -0.39 is 0 Å². The van der Waals surface area contributed by atoms with E-state index in [-0.39, 0.29) is 12.1 Å². The van der Waals surface area contributed by atoms with Crippen LogP contribution in [-0.2, 0) is 13.6 Å². The second kappa shape index (κ2) is 6.52. The fourth-order valence-corrected chi connectivity index (χ4v) is 2.00. The third-order valence-corrected chi connectivity index (χ3v) is 3.04. The summed E-state index contributed by atoms with van der Waals surface area (Å²) < 4.78 is 7.56. The van der Waals surface area contributed by atoms with E-state index in [1.165, 1.54) is 5.56 Å². The van der Waals surface area contributed by atoms with Crippen molar-refractivity contribution < 1.29 is 4.74 Å². The molecule has 1 atom stereocenters. The fourth-order valence-electron chi connectivity index (χ4n) is 2.00. The average molecular weight is 274 g/mol. The van der Waals surface area contributed by atoms with Gasteiger partial charge in [0.1, 0.15) is 17.9 Å². The molecule has 0 radical (unpaired) electrons. The van der Waals surface area contributed by atoms with Crippen molar-refractivity contribution in [2.75, 3.05) is 0 Å². The van der Waals surface area contributed by atoms with E-state index in [9.17, 15) is 0 Å². The van der Waals surface area contributed by atoms with Crippen molar-refractivity contribution >= 4 is 0 Å². The second-order valence-corrected chi connectivity index (χ2v) is 5.21. The highest BCUT2D eigenvalue weighted by Crippen LogP contribution is 2.15. The highest BCUT2D eigenvalue weighted by molar-refractivity contribution is 5.27. The van der Waals surface area contributed by atoms with Crippen molar-refractivity contribution in [1.82, 2.24) is 20.1 Å². The van der Waals surface area contributed by atoms with Gasteiger partial charge in [0.05, 0.1) is 12.1 Å². The van der Waals surface area contributed by atoms with E-state index in [0.29, 0.717) is 0 Å². The molecule has 2 rings (SSSR count). The summed E-state index contributed by atoms with van der Waals surface area (Å²) in [6.07, 6.45) is 1.92. The number of benzene rings is 1. The minimum atomic E-state index is 0.161. The van der Waals surface area contributed by atoms with Crippen LogP contribution in [0.4, 0.5) is 0 Å². The maximum atomic E-state index is 5.63. The van der Waals surface area contributed by atoms with Crippen molar-refractivity contribution in [2.24, 2.45) is 7.05 Å².